The number of hydrogen-bond donors (Lipinski definition) is 1. The second-order valence-electron chi connectivity index (χ2n) is 5.62. The van der Waals surface area contributed by atoms with Gasteiger partial charge in [-0.05, 0) is 30.9 Å². The minimum atomic E-state index is -4.02. The molecule has 0 heterocycles. The SMILES string of the molecule is NC1=CC=C(CCCCCCCCCC(F)(F)F)C(=O)C1. The number of alkyl halides is 3. The molecule has 1 aliphatic carbocycles. The topological polar surface area (TPSA) is 43.1 Å². The Morgan fingerprint density at radius 1 is 0.952 bits per heavy atom. The minimum absolute atomic E-state index is 0.113. The molecule has 0 radical (unpaired) electrons. The molecule has 21 heavy (non-hydrogen) atoms. The van der Waals surface area contributed by atoms with Crippen molar-refractivity contribution >= 4 is 5.78 Å². The summed E-state index contributed by atoms with van der Waals surface area (Å²) in [5, 5.41) is 0. The Hall–Kier alpha value is -1.26. The highest BCUT2D eigenvalue weighted by atomic mass is 19.4. The van der Waals surface area contributed by atoms with E-state index in [2.05, 4.69) is 0 Å². The Morgan fingerprint density at radius 3 is 2.10 bits per heavy atom. The summed E-state index contributed by atoms with van der Waals surface area (Å²) in [6.45, 7) is 0. The van der Waals surface area contributed by atoms with Crippen molar-refractivity contribution in [2.75, 3.05) is 0 Å². The van der Waals surface area contributed by atoms with E-state index >= 15 is 0 Å². The highest BCUT2D eigenvalue weighted by Gasteiger charge is 2.25. The van der Waals surface area contributed by atoms with Crippen molar-refractivity contribution in [3.8, 4) is 0 Å². The van der Waals surface area contributed by atoms with E-state index in [0.717, 1.165) is 44.1 Å². The minimum Gasteiger partial charge on any atom is -0.402 e. The van der Waals surface area contributed by atoms with Crippen molar-refractivity contribution in [2.45, 2.75) is 70.4 Å². The number of halogens is 3. The normalized spacial score (nSPS) is 15.9. The zero-order valence-electron chi connectivity index (χ0n) is 12.3. The third-order valence-electron chi connectivity index (χ3n) is 3.63. The molecule has 0 saturated heterocycles. The lowest BCUT2D eigenvalue weighted by Gasteiger charge is -2.10. The van der Waals surface area contributed by atoms with E-state index < -0.39 is 12.6 Å². The molecule has 0 spiro atoms. The molecule has 120 valence electrons. The summed E-state index contributed by atoms with van der Waals surface area (Å²) >= 11 is 0. The number of unbranched alkanes of at least 4 members (excludes halogenated alkanes) is 6. The summed E-state index contributed by atoms with van der Waals surface area (Å²) in [7, 11) is 0. The van der Waals surface area contributed by atoms with E-state index in [1.54, 1.807) is 12.2 Å². The molecule has 0 aliphatic heterocycles. The molecule has 0 aromatic rings. The Bertz CT molecular complexity index is 397. The van der Waals surface area contributed by atoms with Crippen LogP contribution in [-0.4, -0.2) is 12.0 Å². The van der Waals surface area contributed by atoms with Crippen LogP contribution in [0.1, 0.15) is 64.2 Å². The maximum Gasteiger partial charge on any atom is 0.389 e. The van der Waals surface area contributed by atoms with Crippen LogP contribution in [0.5, 0.6) is 0 Å². The van der Waals surface area contributed by atoms with Gasteiger partial charge in [0.05, 0.1) is 6.42 Å². The lowest BCUT2D eigenvalue weighted by Crippen LogP contribution is -2.12. The van der Waals surface area contributed by atoms with Crippen LogP contribution in [0.25, 0.3) is 0 Å². The molecule has 1 rings (SSSR count). The van der Waals surface area contributed by atoms with Gasteiger partial charge in [0.2, 0.25) is 0 Å². The average Bonchev–Trinajstić information content (AvgIpc) is 2.37. The fourth-order valence-electron chi connectivity index (χ4n) is 2.41. The molecule has 0 aromatic carbocycles. The second kappa shape index (κ2) is 8.90. The van der Waals surface area contributed by atoms with Crippen LogP contribution in [0.15, 0.2) is 23.4 Å². The Morgan fingerprint density at radius 2 is 1.52 bits per heavy atom. The summed E-state index contributed by atoms with van der Waals surface area (Å²) in [6, 6.07) is 0. The average molecular weight is 303 g/mol. The molecule has 0 amide bonds. The number of carbonyl (C=O) groups excluding carboxylic acids is 1. The predicted octanol–water partition coefficient (Wildman–Crippen LogP) is 4.80. The van der Waals surface area contributed by atoms with Crippen molar-refractivity contribution in [2.24, 2.45) is 5.73 Å². The molecular formula is C16H24F3NO. The van der Waals surface area contributed by atoms with Crippen LogP contribution in [-0.2, 0) is 4.79 Å². The lowest BCUT2D eigenvalue weighted by molar-refractivity contribution is -0.135. The van der Waals surface area contributed by atoms with Gasteiger partial charge in [-0.15, -0.1) is 0 Å². The molecule has 0 unspecified atom stereocenters. The first-order valence-electron chi connectivity index (χ1n) is 7.63. The molecule has 2 N–H and O–H groups in total. The summed E-state index contributed by atoms with van der Waals surface area (Å²) < 4.78 is 35.8. The molecule has 2 nitrogen and oxygen atoms in total. The number of ketones is 1. The van der Waals surface area contributed by atoms with Crippen LogP contribution in [0.3, 0.4) is 0 Å². The maximum absolute atomic E-state index is 11.9. The first-order valence-corrected chi connectivity index (χ1v) is 7.63. The van der Waals surface area contributed by atoms with Crippen LogP contribution < -0.4 is 5.73 Å². The highest BCUT2D eigenvalue weighted by Crippen LogP contribution is 2.23. The summed E-state index contributed by atoms with van der Waals surface area (Å²) in [5.74, 6) is 0.113. The van der Waals surface area contributed by atoms with Crippen molar-refractivity contribution in [3.05, 3.63) is 23.4 Å². The van der Waals surface area contributed by atoms with Crippen molar-refractivity contribution in [1.82, 2.24) is 0 Å². The first kappa shape index (κ1) is 17.8. The third-order valence-corrected chi connectivity index (χ3v) is 3.63. The maximum atomic E-state index is 11.9. The Kier molecular flexibility index (Phi) is 7.54. The Labute approximate surface area is 124 Å². The van der Waals surface area contributed by atoms with Gasteiger partial charge in [-0.1, -0.05) is 38.2 Å². The van der Waals surface area contributed by atoms with E-state index in [4.69, 9.17) is 5.73 Å². The van der Waals surface area contributed by atoms with Gasteiger partial charge in [0, 0.05) is 12.1 Å². The molecule has 0 atom stereocenters. The number of nitrogens with two attached hydrogens (primary N) is 1. The van der Waals surface area contributed by atoms with Gasteiger partial charge in [0.15, 0.2) is 5.78 Å². The number of hydrogen-bond acceptors (Lipinski definition) is 2. The van der Waals surface area contributed by atoms with Crippen LogP contribution in [0.2, 0.25) is 0 Å². The van der Waals surface area contributed by atoms with E-state index in [1.165, 1.54) is 0 Å². The van der Waals surface area contributed by atoms with Gasteiger partial charge in [-0.25, -0.2) is 0 Å². The van der Waals surface area contributed by atoms with Crippen molar-refractivity contribution in [1.29, 1.82) is 0 Å². The molecule has 0 fully saturated rings. The molecule has 0 saturated carbocycles. The van der Waals surface area contributed by atoms with Gasteiger partial charge in [0.25, 0.3) is 0 Å². The standard InChI is InChI=1S/C16H24F3NO/c17-16(18,19)11-7-5-3-1-2-4-6-8-13-9-10-14(20)12-15(13)21/h9-10H,1-8,11-12,20H2. The number of allylic oxidation sites excluding steroid dienone is 4. The van der Waals surface area contributed by atoms with Crippen molar-refractivity contribution < 1.29 is 18.0 Å². The van der Waals surface area contributed by atoms with Gasteiger partial charge in [-0.2, -0.15) is 13.2 Å². The molecule has 0 aromatic heterocycles. The van der Waals surface area contributed by atoms with Crippen LogP contribution in [0, 0.1) is 0 Å². The van der Waals surface area contributed by atoms with Crippen LogP contribution in [0.4, 0.5) is 13.2 Å². The summed E-state index contributed by atoms with van der Waals surface area (Å²) in [6.07, 6.45) is 5.71. The zero-order chi connectivity index (χ0) is 15.7. The van der Waals surface area contributed by atoms with Gasteiger partial charge >= 0.3 is 6.18 Å². The van der Waals surface area contributed by atoms with Crippen LogP contribution >= 0.6 is 0 Å². The molecule has 1 aliphatic rings. The lowest BCUT2D eigenvalue weighted by atomic mass is 9.96. The third kappa shape index (κ3) is 8.58. The largest absolute Gasteiger partial charge is 0.402 e. The van der Waals surface area contributed by atoms with E-state index in [1.807, 2.05) is 0 Å². The molecular weight excluding hydrogens is 279 g/mol. The number of carbonyl (C=O) groups is 1. The van der Waals surface area contributed by atoms with E-state index in [9.17, 15) is 18.0 Å². The number of rotatable bonds is 9. The highest BCUT2D eigenvalue weighted by molar-refractivity contribution is 5.98. The summed E-state index contributed by atoms with van der Waals surface area (Å²) in [4.78, 5) is 11.6. The monoisotopic (exact) mass is 303 g/mol. The van der Waals surface area contributed by atoms with E-state index in [0.29, 0.717) is 18.5 Å². The Balaban J connectivity index is 1.97. The van der Waals surface area contributed by atoms with E-state index in [-0.39, 0.29) is 12.2 Å². The fourth-order valence-corrected chi connectivity index (χ4v) is 2.41. The van der Waals surface area contributed by atoms with Crippen molar-refractivity contribution in [3.63, 3.8) is 0 Å². The predicted molar refractivity (Wildman–Crippen MR) is 77.6 cm³/mol. The molecule has 0 bridgehead atoms. The fraction of sp³-hybridized carbons (Fsp3) is 0.688. The van der Waals surface area contributed by atoms with Gasteiger partial charge in [-0.3, -0.25) is 4.79 Å². The quantitative estimate of drug-likeness (QED) is 0.622. The number of Topliss-reactive ketones (excluding diaryl/α,β-unsaturated/α-hetero) is 1. The van der Waals surface area contributed by atoms with Gasteiger partial charge in [0.1, 0.15) is 0 Å². The van der Waals surface area contributed by atoms with Gasteiger partial charge < -0.3 is 5.73 Å². The smallest absolute Gasteiger partial charge is 0.389 e. The molecule has 5 heteroatoms. The summed E-state index contributed by atoms with van der Waals surface area (Å²) in [5.41, 5.74) is 7.03. The second-order valence-corrected chi connectivity index (χ2v) is 5.62. The first-order chi connectivity index (χ1) is 9.88. The zero-order valence-corrected chi connectivity index (χ0v) is 12.3.